The molecule has 5 heteroatoms. The molecular weight excluding hydrogens is 342 g/mol. The maximum atomic E-state index is 11.9. The summed E-state index contributed by atoms with van der Waals surface area (Å²) in [5.74, 6) is 0.255. The molecule has 0 heterocycles. The lowest BCUT2D eigenvalue weighted by atomic mass is 10.1. The summed E-state index contributed by atoms with van der Waals surface area (Å²) in [5, 5.41) is 4.83. The number of carbonyl (C=O) groups is 2. The molecule has 0 aliphatic heterocycles. The molecule has 0 unspecified atom stereocenters. The van der Waals surface area contributed by atoms with Crippen LogP contribution in [0.25, 0.3) is 10.8 Å². The van der Waals surface area contributed by atoms with Crippen molar-refractivity contribution < 1.29 is 19.1 Å². The van der Waals surface area contributed by atoms with Gasteiger partial charge in [0.15, 0.2) is 0 Å². The summed E-state index contributed by atoms with van der Waals surface area (Å²) in [6.07, 6.45) is 0.128. The number of methoxy groups -OCH3 is 1. The molecule has 0 saturated heterocycles. The van der Waals surface area contributed by atoms with Crippen LogP contribution in [-0.2, 0) is 16.1 Å². The number of amides is 1. The van der Waals surface area contributed by atoms with Gasteiger partial charge in [-0.25, -0.2) is 0 Å². The van der Waals surface area contributed by atoms with Crippen LogP contribution in [0.3, 0.4) is 0 Å². The zero-order chi connectivity index (χ0) is 19.1. The standard InChI is InChI=1S/C22H21NO4/c1-26-20-10-9-18-13-16(7-8-19(18)14-20)15-27-21(24)11-12-23-22(25)17-5-3-2-4-6-17/h2-10,13-14H,11-12,15H2,1H3,(H,23,25). The minimum Gasteiger partial charge on any atom is -0.497 e. The number of nitrogens with one attached hydrogen (secondary N) is 1. The Hall–Kier alpha value is -3.34. The molecule has 0 bridgehead atoms. The molecule has 0 aliphatic carbocycles. The van der Waals surface area contributed by atoms with Crippen molar-refractivity contribution in [3.8, 4) is 5.75 Å². The number of hydrogen-bond acceptors (Lipinski definition) is 4. The molecule has 27 heavy (non-hydrogen) atoms. The molecule has 3 aromatic rings. The highest BCUT2D eigenvalue weighted by atomic mass is 16.5. The Morgan fingerprint density at radius 1 is 0.926 bits per heavy atom. The lowest BCUT2D eigenvalue weighted by Gasteiger charge is -2.08. The number of benzene rings is 3. The summed E-state index contributed by atoms with van der Waals surface area (Å²) in [6.45, 7) is 0.442. The molecule has 0 radical (unpaired) electrons. The van der Waals surface area contributed by atoms with Gasteiger partial charge in [-0.2, -0.15) is 0 Å². The third-order valence-corrected chi connectivity index (χ3v) is 4.16. The first-order valence-electron chi connectivity index (χ1n) is 8.71. The molecule has 0 atom stereocenters. The van der Waals surface area contributed by atoms with Crippen molar-refractivity contribution in [3.63, 3.8) is 0 Å². The van der Waals surface area contributed by atoms with Crippen molar-refractivity contribution in [1.29, 1.82) is 0 Å². The summed E-state index contributed by atoms with van der Waals surface area (Å²) >= 11 is 0. The van der Waals surface area contributed by atoms with E-state index in [-0.39, 0.29) is 31.4 Å². The first-order chi connectivity index (χ1) is 13.2. The molecule has 3 rings (SSSR count). The minimum absolute atomic E-state index is 0.128. The fourth-order valence-electron chi connectivity index (χ4n) is 2.70. The third kappa shape index (κ3) is 5.07. The molecule has 1 N–H and O–H groups in total. The Labute approximate surface area is 157 Å². The van der Waals surface area contributed by atoms with E-state index in [9.17, 15) is 9.59 Å². The van der Waals surface area contributed by atoms with Gasteiger partial charge in [-0.15, -0.1) is 0 Å². The van der Waals surface area contributed by atoms with Gasteiger partial charge in [0, 0.05) is 12.1 Å². The highest BCUT2D eigenvalue weighted by Crippen LogP contribution is 2.22. The van der Waals surface area contributed by atoms with E-state index in [0.717, 1.165) is 22.1 Å². The van der Waals surface area contributed by atoms with Gasteiger partial charge in [0.2, 0.25) is 0 Å². The second-order valence-electron chi connectivity index (χ2n) is 6.08. The molecule has 0 spiro atoms. The van der Waals surface area contributed by atoms with Crippen LogP contribution in [0.15, 0.2) is 66.7 Å². The predicted molar refractivity (Wildman–Crippen MR) is 104 cm³/mol. The van der Waals surface area contributed by atoms with Gasteiger partial charge in [0.05, 0.1) is 13.5 Å². The maximum Gasteiger partial charge on any atom is 0.307 e. The SMILES string of the molecule is COc1ccc2cc(COC(=O)CCNC(=O)c3ccccc3)ccc2c1. The third-order valence-electron chi connectivity index (χ3n) is 4.16. The Morgan fingerprint density at radius 3 is 2.44 bits per heavy atom. The average Bonchev–Trinajstić information content (AvgIpc) is 2.72. The van der Waals surface area contributed by atoms with E-state index in [1.807, 2.05) is 42.5 Å². The number of fused-ring (bicyclic) bond motifs is 1. The van der Waals surface area contributed by atoms with Crippen LogP contribution in [0.4, 0.5) is 0 Å². The molecule has 0 aromatic heterocycles. The summed E-state index contributed by atoms with van der Waals surface area (Å²) in [7, 11) is 1.64. The number of carbonyl (C=O) groups excluding carboxylic acids is 2. The van der Waals surface area contributed by atoms with Crippen LogP contribution < -0.4 is 10.1 Å². The highest BCUT2D eigenvalue weighted by molar-refractivity contribution is 5.94. The van der Waals surface area contributed by atoms with E-state index < -0.39 is 0 Å². The normalized spacial score (nSPS) is 10.4. The zero-order valence-corrected chi connectivity index (χ0v) is 15.1. The molecule has 5 nitrogen and oxygen atoms in total. The lowest BCUT2D eigenvalue weighted by molar-refractivity contribution is -0.144. The number of rotatable bonds is 7. The Morgan fingerprint density at radius 2 is 1.67 bits per heavy atom. The van der Waals surface area contributed by atoms with Crippen LogP contribution in [0.5, 0.6) is 5.75 Å². The maximum absolute atomic E-state index is 11.9. The van der Waals surface area contributed by atoms with Crippen molar-refractivity contribution in [1.82, 2.24) is 5.32 Å². The molecule has 0 fully saturated rings. The van der Waals surface area contributed by atoms with E-state index in [1.54, 1.807) is 31.4 Å². The molecule has 0 saturated carbocycles. The van der Waals surface area contributed by atoms with Gasteiger partial charge in [-0.05, 0) is 46.7 Å². The van der Waals surface area contributed by atoms with Gasteiger partial charge >= 0.3 is 5.97 Å². The number of esters is 1. The zero-order valence-electron chi connectivity index (χ0n) is 15.1. The van der Waals surface area contributed by atoms with Gasteiger partial charge in [0.25, 0.3) is 5.91 Å². The van der Waals surface area contributed by atoms with Crippen LogP contribution in [-0.4, -0.2) is 25.5 Å². The highest BCUT2D eigenvalue weighted by Gasteiger charge is 2.07. The molecule has 3 aromatic carbocycles. The van der Waals surface area contributed by atoms with E-state index in [4.69, 9.17) is 9.47 Å². The Balaban J connectivity index is 1.46. The number of ether oxygens (including phenoxy) is 2. The largest absolute Gasteiger partial charge is 0.497 e. The fraction of sp³-hybridized carbons (Fsp3) is 0.182. The summed E-state index contributed by atoms with van der Waals surface area (Å²) in [6, 6.07) is 20.6. The van der Waals surface area contributed by atoms with E-state index >= 15 is 0 Å². The van der Waals surface area contributed by atoms with Crippen molar-refractivity contribution in [2.75, 3.05) is 13.7 Å². The van der Waals surface area contributed by atoms with Crippen LogP contribution in [0, 0.1) is 0 Å². The van der Waals surface area contributed by atoms with Crippen molar-refractivity contribution in [2.45, 2.75) is 13.0 Å². The van der Waals surface area contributed by atoms with Crippen molar-refractivity contribution in [2.24, 2.45) is 0 Å². The monoisotopic (exact) mass is 363 g/mol. The van der Waals surface area contributed by atoms with Crippen LogP contribution >= 0.6 is 0 Å². The van der Waals surface area contributed by atoms with Crippen molar-refractivity contribution >= 4 is 22.6 Å². The van der Waals surface area contributed by atoms with Crippen molar-refractivity contribution in [3.05, 3.63) is 77.9 Å². The Bertz CT molecular complexity index is 937. The smallest absolute Gasteiger partial charge is 0.307 e. The molecular formula is C22H21NO4. The Kier molecular flexibility index (Phi) is 6.05. The summed E-state index contributed by atoms with van der Waals surface area (Å²) < 4.78 is 10.5. The van der Waals surface area contributed by atoms with E-state index in [0.29, 0.717) is 5.56 Å². The average molecular weight is 363 g/mol. The van der Waals surface area contributed by atoms with Gasteiger partial charge < -0.3 is 14.8 Å². The van der Waals surface area contributed by atoms with Gasteiger partial charge in [-0.1, -0.05) is 36.4 Å². The van der Waals surface area contributed by atoms with Gasteiger partial charge in [-0.3, -0.25) is 9.59 Å². The first kappa shape index (κ1) is 18.5. The number of hydrogen-bond donors (Lipinski definition) is 1. The molecule has 1 amide bonds. The molecule has 0 aliphatic rings. The second kappa shape index (κ2) is 8.85. The molecule has 138 valence electrons. The quantitative estimate of drug-likeness (QED) is 0.650. The van der Waals surface area contributed by atoms with E-state index in [1.165, 1.54) is 0 Å². The first-order valence-corrected chi connectivity index (χ1v) is 8.71. The summed E-state index contributed by atoms with van der Waals surface area (Å²) in [4.78, 5) is 23.8. The minimum atomic E-state index is -0.349. The summed E-state index contributed by atoms with van der Waals surface area (Å²) in [5.41, 5.74) is 1.48. The topological polar surface area (TPSA) is 64.6 Å². The fourth-order valence-corrected chi connectivity index (χ4v) is 2.70. The van der Waals surface area contributed by atoms with Gasteiger partial charge in [0.1, 0.15) is 12.4 Å². The van der Waals surface area contributed by atoms with Crippen LogP contribution in [0.2, 0.25) is 0 Å². The predicted octanol–water partition coefficient (Wildman–Crippen LogP) is 3.71. The lowest BCUT2D eigenvalue weighted by Crippen LogP contribution is -2.26. The van der Waals surface area contributed by atoms with Crippen LogP contribution in [0.1, 0.15) is 22.3 Å². The van der Waals surface area contributed by atoms with E-state index in [2.05, 4.69) is 5.32 Å². The second-order valence-corrected chi connectivity index (χ2v) is 6.08.